The standard InChI is InChI=1S/C24H22N2O5/c1-3-29-23(27)17-5-9-19(10-6-17)25-15-21-13-14-22(31-21)16-26-20-11-7-18(8-12-20)24(28)30-4-2/h5-16H,3-4H2,1-2H3. The first-order valence-corrected chi connectivity index (χ1v) is 9.81. The van der Waals surface area contributed by atoms with Gasteiger partial charge in [0.15, 0.2) is 0 Å². The molecule has 3 aromatic rings. The molecule has 7 heteroatoms. The number of esters is 2. The summed E-state index contributed by atoms with van der Waals surface area (Å²) in [5.41, 5.74) is 2.32. The topological polar surface area (TPSA) is 90.5 Å². The maximum absolute atomic E-state index is 11.7. The summed E-state index contributed by atoms with van der Waals surface area (Å²) < 4.78 is 15.6. The van der Waals surface area contributed by atoms with E-state index in [4.69, 9.17) is 13.9 Å². The van der Waals surface area contributed by atoms with Crippen molar-refractivity contribution in [3.05, 3.63) is 83.3 Å². The molecule has 3 rings (SSSR count). The first kappa shape index (κ1) is 21.7. The number of hydrogen-bond donors (Lipinski definition) is 0. The van der Waals surface area contributed by atoms with E-state index in [1.807, 2.05) is 0 Å². The Balaban J connectivity index is 1.60. The molecule has 0 amide bonds. The summed E-state index contributed by atoms with van der Waals surface area (Å²) in [6.45, 7) is 4.20. The van der Waals surface area contributed by atoms with Crippen molar-refractivity contribution in [2.24, 2.45) is 9.98 Å². The Hall–Kier alpha value is -4.00. The number of nitrogens with zero attached hydrogens (tertiary/aromatic N) is 2. The van der Waals surface area contributed by atoms with Crippen LogP contribution in [0.1, 0.15) is 46.1 Å². The van der Waals surface area contributed by atoms with Gasteiger partial charge in [-0.25, -0.2) is 9.59 Å². The van der Waals surface area contributed by atoms with Crippen molar-refractivity contribution in [1.82, 2.24) is 0 Å². The molecule has 0 saturated heterocycles. The summed E-state index contributed by atoms with van der Waals surface area (Å²) >= 11 is 0. The number of ether oxygens (including phenoxy) is 2. The molecule has 7 nitrogen and oxygen atoms in total. The van der Waals surface area contributed by atoms with Crippen molar-refractivity contribution in [3.63, 3.8) is 0 Å². The zero-order valence-corrected chi connectivity index (χ0v) is 17.3. The Morgan fingerprint density at radius 2 is 1.10 bits per heavy atom. The zero-order valence-electron chi connectivity index (χ0n) is 17.3. The fourth-order valence-corrected chi connectivity index (χ4v) is 2.58. The summed E-state index contributed by atoms with van der Waals surface area (Å²) in [5, 5.41) is 0. The first-order chi connectivity index (χ1) is 15.1. The molecule has 0 aliphatic heterocycles. The summed E-state index contributed by atoms with van der Waals surface area (Å²) in [5.74, 6) is 0.411. The maximum atomic E-state index is 11.7. The smallest absolute Gasteiger partial charge is 0.338 e. The van der Waals surface area contributed by atoms with E-state index in [1.54, 1.807) is 86.9 Å². The van der Waals surface area contributed by atoms with Gasteiger partial charge in [0.25, 0.3) is 0 Å². The summed E-state index contributed by atoms with van der Waals surface area (Å²) in [7, 11) is 0. The average molecular weight is 418 g/mol. The van der Waals surface area contributed by atoms with Gasteiger partial charge >= 0.3 is 11.9 Å². The van der Waals surface area contributed by atoms with Crippen LogP contribution in [0.4, 0.5) is 11.4 Å². The largest absolute Gasteiger partial charge is 0.462 e. The highest BCUT2D eigenvalue weighted by Crippen LogP contribution is 2.16. The minimum absolute atomic E-state index is 0.335. The second-order valence-electron chi connectivity index (χ2n) is 6.29. The molecular weight excluding hydrogens is 396 g/mol. The third-order valence-electron chi connectivity index (χ3n) is 4.09. The van der Waals surface area contributed by atoms with Crippen LogP contribution < -0.4 is 0 Å². The lowest BCUT2D eigenvalue weighted by molar-refractivity contribution is 0.0517. The van der Waals surface area contributed by atoms with Crippen LogP contribution in [-0.4, -0.2) is 37.6 Å². The quantitative estimate of drug-likeness (QED) is 0.373. The highest BCUT2D eigenvalue weighted by molar-refractivity contribution is 5.90. The van der Waals surface area contributed by atoms with Crippen molar-refractivity contribution in [2.45, 2.75) is 13.8 Å². The number of rotatable bonds is 8. The van der Waals surface area contributed by atoms with Crippen LogP contribution >= 0.6 is 0 Å². The lowest BCUT2D eigenvalue weighted by atomic mass is 10.2. The number of hydrogen-bond acceptors (Lipinski definition) is 7. The molecular formula is C24H22N2O5. The number of aliphatic imine (C=N–C) groups is 2. The van der Waals surface area contributed by atoms with E-state index in [0.717, 1.165) is 0 Å². The minimum Gasteiger partial charge on any atom is -0.462 e. The van der Waals surface area contributed by atoms with Gasteiger partial charge in [0.1, 0.15) is 11.5 Å². The van der Waals surface area contributed by atoms with Crippen LogP contribution in [0.15, 0.2) is 75.1 Å². The average Bonchev–Trinajstić information content (AvgIpc) is 3.25. The molecule has 1 heterocycles. The van der Waals surface area contributed by atoms with E-state index in [0.29, 0.717) is 47.2 Å². The normalized spacial score (nSPS) is 11.2. The van der Waals surface area contributed by atoms with Crippen molar-refractivity contribution in [1.29, 1.82) is 0 Å². The third kappa shape index (κ3) is 6.24. The molecule has 0 bridgehead atoms. The van der Waals surface area contributed by atoms with Gasteiger partial charge in [0.2, 0.25) is 0 Å². The predicted molar refractivity (Wildman–Crippen MR) is 118 cm³/mol. The number of carbonyl (C=O) groups is 2. The van der Waals surface area contributed by atoms with Crippen LogP contribution in [0.5, 0.6) is 0 Å². The molecule has 0 unspecified atom stereocenters. The monoisotopic (exact) mass is 418 g/mol. The van der Waals surface area contributed by atoms with Gasteiger partial charge in [-0.1, -0.05) is 0 Å². The van der Waals surface area contributed by atoms with Crippen LogP contribution in [0, 0.1) is 0 Å². The van der Waals surface area contributed by atoms with E-state index in [1.165, 1.54) is 0 Å². The fourth-order valence-electron chi connectivity index (χ4n) is 2.58. The Labute approximate surface area is 180 Å². The number of carbonyl (C=O) groups excluding carboxylic acids is 2. The molecule has 31 heavy (non-hydrogen) atoms. The third-order valence-corrected chi connectivity index (χ3v) is 4.09. The van der Waals surface area contributed by atoms with Crippen LogP contribution in [0.3, 0.4) is 0 Å². The molecule has 2 aromatic carbocycles. The Morgan fingerprint density at radius 3 is 1.45 bits per heavy atom. The molecule has 0 radical (unpaired) electrons. The van der Waals surface area contributed by atoms with E-state index in [9.17, 15) is 9.59 Å². The van der Waals surface area contributed by atoms with Gasteiger partial charge in [0.05, 0.1) is 48.1 Å². The Kier molecular flexibility index (Phi) is 7.48. The van der Waals surface area contributed by atoms with Gasteiger partial charge in [-0.3, -0.25) is 9.98 Å². The fraction of sp³-hybridized carbons (Fsp3) is 0.167. The van der Waals surface area contributed by atoms with Gasteiger partial charge in [-0.05, 0) is 74.5 Å². The lowest BCUT2D eigenvalue weighted by Gasteiger charge is -2.01. The molecule has 0 atom stereocenters. The highest BCUT2D eigenvalue weighted by Gasteiger charge is 2.06. The second-order valence-corrected chi connectivity index (χ2v) is 6.29. The first-order valence-electron chi connectivity index (χ1n) is 9.81. The summed E-state index contributed by atoms with van der Waals surface area (Å²) in [6.07, 6.45) is 3.18. The SMILES string of the molecule is CCOC(=O)c1ccc(N=Cc2ccc(C=Nc3ccc(C(=O)OCC)cc3)o2)cc1. The molecule has 0 aliphatic carbocycles. The highest BCUT2D eigenvalue weighted by atomic mass is 16.5. The maximum Gasteiger partial charge on any atom is 0.338 e. The molecule has 1 aromatic heterocycles. The number of benzene rings is 2. The predicted octanol–water partition coefficient (Wildman–Crippen LogP) is 5.13. The molecule has 0 spiro atoms. The summed E-state index contributed by atoms with van der Waals surface area (Å²) in [6, 6.07) is 17.1. The Morgan fingerprint density at radius 1 is 0.710 bits per heavy atom. The Bertz CT molecular complexity index is 994. The number of furan rings is 1. The van der Waals surface area contributed by atoms with Crippen molar-refractivity contribution in [2.75, 3.05) is 13.2 Å². The van der Waals surface area contributed by atoms with Crippen molar-refractivity contribution in [3.8, 4) is 0 Å². The van der Waals surface area contributed by atoms with Gasteiger partial charge in [-0.15, -0.1) is 0 Å². The molecule has 0 saturated carbocycles. The molecule has 0 fully saturated rings. The van der Waals surface area contributed by atoms with Gasteiger partial charge in [0, 0.05) is 0 Å². The summed E-state index contributed by atoms with van der Waals surface area (Å²) in [4.78, 5) is 32.0. The van der Waals surface area contributed by atoms with E-state index in [2.05, 4.69) is 9.98 Å². The van der Waals surface area contributed by atoms with Crippen LogP contribution in [0.25, 0.3) is 0 Å². The van der Waals surface area contributed by atoms with Gasteiger partial charge < -0.3 is 13.9 Å². The molecule has 0 aliphatic rings. The van der Waals surface area contributed by atoms with Crippen LogP contribution in [0.2, 0.25) is 0 Å². The molecule has 0 N–H and O–H groups in total. The van der Waals surface area contributed by atoms with Crippen LogP contribution in [-0.2, 0) is 9.47 Å². The van der Waals surface area contributed by atoms with E-state index < -0.39 is 0 Å². The lowest BCUT2D eigenvalue weighted by Crippen LogP contribution is -2.03. The minimum atomic E-state index is -0.358. The second kappa shape index (κ2) is 10.7. The van der Waals surface area contributed by atoms with E-state index in [-0.39, 0.29) is 11.9 Å². The zero-order chi connectivity index (χ0) is 22.1. The molecule has 158 valence electrons. The van der Waals surface area contributed by atoms with E-state index >= 15 is 0 Å². The van der Waals surface area contributed by atoms with Gasteiger partial charge in [-0.2, -0.15) is 0 Å². The van der Waals surface area contributed by atoms with Crippen molar-refractivity contribution < 1.29 is 23.5 Å². The van der Waals surface area contributed by atoms with Crippen molar-refractivity contribution >= 4 is 35.7 Å².